The summed E-state index contributed by atoms with van der Waals surface area (Å²) in [6, 6.07) is 9.57. The van der Waals surface area contributed by atoms with Gasteiger partial charge < -0.3 is 10.6 Å². The number of nitrogens with two attached hydrogens (primary N) is 1. The molecule has 28 heavy (non-hydrogen) atoms. The van der Waals surface area contributed by atoms with Crippen molar-refractivity contribution < 1.29 is 18.0 Å². The van der Waals surface area contributed by atoms with Crippen molar-refractivity contribution in [2.45, 2.75) is 31.5 Å². The van der Waals surface area contributed by atoms with E-state index in [1.165, 1.54) is 6.07 Å². The lowest BCUT2D eigenvalue weighted by molar-refractivity contribution is -0.141. The highest BCUT2D eigenvalue weighted by molar-refractivity contribution is 6.30. The monoisotopic (exact) mass is 411 g/mol. The quantitative estimate of drug-likeness (QED) is 0.821. The van der Waals surface area contributed by atoms with Crippen LogP contribution >= 0.6 is 11.6 Å². The Hall–Kier alpha value is -2.12. The highest BCUT2D eigenvalue weighted by Crippen LogP contribution is 2.28. The molecule has 2 heterocycles. The molecular formula is C20H21ClF3N3O. The standard InChI is InChI=1S/C20H21ClF3N3O/c21-16-3-1-2-13(10-16)11-17(25)14-6-8-27(9-7-14)19(28)15-4-5-18(26-12-15)20(22,23)24/h1-5,10,12,14,17H,6-9,11,25H2. The van der Waals surface area contributed by atoms with Gasteiger partial charge in [0.25, 0.3) is 5.91 Å². The number of hydrogen-bond donors (Lipinski definition) is 1. The molecule has 2 N–H and O–H groups in total. The van der Waals surface area contributed by atoms with E-state index in [1.807, 2.05) is 24.3 Å². The highest BCUT2D eigenvalue weighted by Gasteiger charge is 2.33. The number of carbonyl (C=O) groups excluding carboxylic acids is 1. The molecule has 1 unspecified atom stereocenters. The average Bonchev–Trinajstić information content (AvgIpc) is 2.67. The van der Waals surface area contributed by atoms with Crippen LogP contribution in [0.3, 0.4) is 0 Å². The lowest BCUT2D eigenvalue weighted by Crippen LogP contribution is -2.44. The Bertz CT molecular complexity index is 818. The van der Waals surface area contributed by atoms with Crippen molar-refractivity contribution in [1.82, 2.24) is 9.88 Å². The summed E-state index contributed by atoms with van der Waals surface area (Å²) in [5.74, 6) is -0.0307. The van der Waals surface area contributed by atoms with Crippen molar-refractivity contribution in [1.29, 1.82) is 0 Å². The van der Waals surface area contributed by atoms with Crippen LogP contribution in [0.5, 0.6) is 0 Å². The molecule has 0 spiro atoms. The molecule has 1 aromatic carbocycles. The molecule has 1 atom stereocenters. The van der Waals surface area contributed by atoms with Gasteiger partial charge in [0.2, 0.25) is 0 Å². The van der Waals surface area contributed by atoms with E-state index in [0.717, 1.165) is 30.7 Å². The zero-order valence-electron chi connectivity index (χ0n) is 15.1. The number of amides is 1. The second-order valence-corrected chi connectivity index (χ2v) is 7.49. The molecule has 8 heteroatoms. The molecule has 0 radical (unpaired) electrons. The number of rotatable bonds is 4. The van der Waals surface area contributed by atoms with Gasteiger partial charge in [-0.05, 0) is 55.0 Å². The predicted molar refractivity (Wildman–Crippen MR) is 101 cm³/mol. The van der Waals surface area contributed by atoms with Crippen LogP contribution in [0.25, 0.3) is 0 Å². The molecule has 0 saturated carbocycles. The Morgan fingerprint density at radius 3 is 2.54 bits per heavy atom. The average molecular weight is 412 g/mol. The molecule has 1 saturated heterocycles. The van der Waals surface area contributed by atoms with Crippen molar-refractivity contribution >= 4 is 17.5 Å². The van der Waals surface area contributed by atoms with E-state index in [-0.39, 0.29) is 23.4 Å². The van der Waals surface area contributed by atoms with Crippen molar-refractivity contribution in [3.63, 3.8) is 0 Å². The third-order valence-electron chi connectivity index (χ3n) is 5.09. The van der Waals surface area contributed by atoms with Gasteiger partial charge in [0.15, 0.2) is 0 Å². The number of likely N-dealkylation sites (tertiary alicyclic amines) is 1. The second-order valence-electron chi connectivity index (χ2n) is 7.06. The molecule has 1 aliphatic rings. The molecule has 4 nitrogen and oxygen atoms in total. The van der Waals surface area contributed by atoms with Gasteiger partial charge in [0.1, 0.15) is 5.69 Å². The van der Waals surface area contributed by atoms with Crippen LogP contribution in [-0.2, 0) is 12.6 Å². The summed E-state index contributed by atoms with van der Waals surface area (Å²) in [4.78, 5) is 17.5. The number of alkyl halides is 3. The maximum Gasteiger partial charge on any atom is 0.433 e. The zero-order chi connectivity index (χ0) is 20.3. The summed E-state index contributed by atoms with van der Waals surface area (Å²) in [7, 11) is 0. The smallest absolute Gasteiger partial charge is 0.339 e. The summed E-state index contributed by atoms with van der Waals surface area (Å²) >= 11 is 6.01. The van der Waals surface area contributed by atoms with Gasteiger partial charge >= 0.3 is 6.18 Å². The van der Waals surface area contributed by atoms with Crippen molar-refractivity contribution in [3.8, 4) is 0 Å². The third-order valence-corrected chi connectivity index (χ3v) is 5.33. The fraction of sp³-hybridized carbons (Fsp3) is 0.400. The van der Waals surface area contributed by atoms with Crippen LogP contribution in [-0.4, -0.2) is 34.9 Å². The fourth-order valence-corrected chi connectivity index (χ4v) is 3.72. The van der Waals surface area contributed by atoms with Crippen LogP contribution in [0.1, 0.15) is 34.5 Å². The van der Waals surface area contributed by atoms with E-state index in [4.69, 9.17) is 17.3 Å². The number of nitrogens with zero attached hydrogens (tertiary/aromatic N) is 2. The fourth-order valence-electron chi connectivity index (χ4n) is 3.50. The molecule has 0 aliphatic carbocycles. The minimum atomic E-state index is -4.51. The van der Waals surface area contributed by atoms with E-state index >= 15 is 0 Å². The Morgan fingerprint density at radius 2 is 1.96 bits per heavy atom. The number of halogens is 4. The molecule has 150 valence electrons. The largest absolute Gasteiger partial charge is 0.433 e. The summed E-state index contributed by atoms with van der Waals surface area (Å²) < 4.78 is 37.8. The van der Waals surface area contributed by atoms with Crippen LogP contribution in [0.15, 0.2) is 42.6 Å². The maximum absolute atomic E-state index is 12.6. The minimum absolute atomic E-state index is 0.0385. The van der Waals surface area contributed by atoms with E-state index in [2.05, 4.69) is 4.98 Å². The van der Waals surface area contributed by atoms with E-state index in [1.54, 1.807) is 4.90 Å². The zero-order valence-corrected chi connectivity index (χ0v) is 15.9. The van der Waals surface area contributed by atoms with E-state index in [9.17, 15) is 18.0 Å². The Labute approximate surface area is 166 Å². The molecular weight excluding hydrogens is 391 g/mol. The van der Waals surface area contributed by atoms with Crippen LogP contribution < -0.4 is 5.73 Å². The number of pyridine rings is 1. The summed E-state index contributed by atoms with van der Waals surface area (Å²) in [6.07, 6.45) is -1.31. The molecule has 1 amide bonds. The summed E-state index contributed by atoms with van der Waals surface area (Å²) in [6.45, 7) is 1.04. The second kappa shape index (κ2) is 8.49. The lowest BCUT2D eigenvalue weighted by Gasteiger charge is -2.35. The minimum Gasteiger partial charge on any atom is -0.339 e. The first-order chi connectivity index (χ1) is 13.2. The molecule has 1 aliphatic heterocycles. The number of hydrogen-bond acceptors (Lipinski definition) is 3. The van der Waals surface area contributed by atoms with Gasteiger partial charge in [-0.25, -0.2) is 0 Å². The predicted octanol–water partition coefficient (Wildman–Crippen LogP) is 4.18. The highest BCUT2D eigenvalue weighted by atomic mass is 35.5. The van der Waals surface area contributed by atoms with E-state index < -0.39 is 11.9 Å². The Kier molecular flexibility index (Phi) is 6.25. The SMILES string of the molecule is NC(Cc1cccc(Cl)c1)C1CCN(C(=O)c2ccc(C(F)(F)F)nc2)CC1. The molecule has 2 aromatic rings. The van der Waals surface area contributed by atoms with Gasteiger partial charge in [0, 0.05) is 30.4 Å². The van der Waals surface area contributed by atoms with Crippen LogP contribution in [0, 0.1) is 5.92 Å². The first-order valence-corrected chi connectivity index (χ1v) is 9.44. The first kappa shape index (κ1) is 20.6. The molecule has 0 bridgehead atoms. The molecule has 1 aromatic heterocycles. The van der Waals surface area contributed by atoms with Gasteiger partial charge in [0.05, 0.1) is 5.56 Å². The topological polar surface area (TPSA) is 59.2 Å². The number of aromatic nitrogens is 1. The number of carbonyl (C=O) groups is 1. The number of benzene rings is 1. The maximum atomic E-state index is 12.6. The first-order valence-electron chi connectivity index (χ1n) is 9.06. The van der Waals surface area contributed by atoms with Gasteiger partial charge in [-0.1, -0.05) is 23.7 Å². The lowest BCUT2D eigenvalue weighted by atomic mass is 9.86. The summed E-state index contributed by atoms with van der Waals surface area (Å²) in [5, 5.41) is 0.676. The van der Waals surface area contributed by atoms with Crippen LogP contribution in [0.2, 0.25) is 5.02 Å². The van der Waals surface area contributed by atoms with Gasteiger partial charge in [-0.15, -0.1) is 0 Å². The Morgan fingerprint density at radius 1 is 1.25 bits per heavy atom. The van der Waals surface area contributed by atoms with Crippen molar-refractivity contribution in [2.75, 3.05) is 13.1 Å². The van der Waals surface area contributed by atoms with Crippen molar-refractivity contribution in [3.05, 3.63) is 64.4 Å². The molecule has 3 rings (SSSR count). The summed E-state index contributed by atoms with van der Waals surface area (Å²) in [5.41, 5.74) is 6.59. The van der Waals surface area contributed by atoms with Gasteiger partial charge in [-0.3, -0.25) is 9.78 Å². The van der Waals surface area contributed by atoms with Crippen molar-refractivity contribution in [2.24, 2.45) is 11.7 Å². The van der Waals surface area contributed by atoms with Crippen LogP contribution in [0.4, 0.5) is 13.2 Å². The third kappa shape index (κ3) is 5.02. The normalized spacial score (nSPS) is 16.8. The molecule has 1 fully saturated rings. The van der Waals surface area contributed by atoms with Gasteiger partial charge in [-0.2, -0.15) is 13.2 Å². The van der Waals surface area contributed by atoms with E-state index in [0.29, 0.717) is 24.5 Å². The number of piperidine rings is 1. The Balaban J connectivity index is 1.55.